The minimum atomic E-state index is 0.0889. The number of para-hydroxylation sites is 1. The van der Waals surface area contributed by atoms with Crippen LogP contribution in [0, 0.1) is 6.92 Å². The summed E-state index contributed by atoms with van der Waals surface area (Å²) in [6.45, 7) is 4.24. The molecule has 6 heteroatoms. The van der Waals surface area contributed by atoms with Crippen LogP contribution in [-0.2, 0) is 17.6 Å². The van der Waals surface area contributed by atoms with Crippen LogP contribution in [0.15, 0.2) is 46.5 Å². The molecular weight excluding hydrogens is 356 g/mol. The van der Waals surface area contributed by atoms with E-state index >= 15 is 0 Å². The molecule has 4 rings (SSSR count). The molecule has 2 aromatic carbocycles. The molecule has 0 aromatic heterocycles. The second-order valence-electron chi connectivity index (χ2n) is 6.73. The minimum Gasteiger partial charge on any atom is -0.326 e. The van der Waals surface area contributed by atoms with Gasteiger partial charge in [0.15, 0.2) is 5.17 Å². The van der Waals surface area contributed by atoms with Gasteiger partial charge in [-0.1, -0.05) is 43.0 Å². The van der Waals surface area contributed by atoms with Crippen molar-refractivity contribution in [3.63, 3.8) is 0 Å². The van der Waals surface area contributed by atoms with Gasteiger partial charge >= 0.3 is 0 Å². The first-order chi connectivity index (χ1) is 13.1. The van der Waals surface area contributed by atoms with Gasteiger partial charge in [-0.3, -0.25) is 10.2 Å². The highest BCUT2D eigenvalue weighted by atomic mass is 32.2. The van der Waals surface area contributed by atoms with Gasteiger partial charge in [0.05, 0.1) is 11.4 Å². The molecule has 0 unspecified atom stereocenters. The normalized spacial score (nSPS) is 17.8. The standard InChI is InChI=1S/C21H22N4OS/c1-3-14-6-4-5-13(2)20(14)23-21-25-24-18(12-27-21)16-7-9-17-15(11-16)8-10-19(26)22-17/h4-7,9,11H,3,8,10,12H2,1-2H3,(H,22,26)(H,23,25). The van der Waals surface area contributed by atoms with Crippen LogP contribution in [0.5, 0.6) is 0 Å². The molecule has 0 spiro atoms. The number of hydrogen-bond donors (Lipinski definition) is 2. The lowest BCUT2D eigenvalue weighted by molar-refractivity contribution is -0.116. The molecule has 0 fully saturated rings. The fourth-order valence-corrected chi connectivity index (χ4v) is 4.12. The molecule has 138 valence electrons. The molecule has 0 bridgehead atoms. The first-order valence-corrected chi connectivity index (χ1v) is 10.2. The summed E-state index contributed by atoms with van der Waals surface area (Å²) in [5, 5.41) is 8.30. The van der Waals surface area contributed by atoms with Crippen LogP contribution in [0.4, 0.5) is 11.4 Å². The van der Waals surface area contributed by atoms with Gasteiger partial charge in [-0.15, -0.1) is 0 Å². The van der Waals surface area contributed by atoms with Crippen LogP contribution in [0.3, 0.4) is 0 Å². The topological polar surface area (TPSA) is 65.8 Å². The summed E-state index contributed by atoms with van der Waals surface area (Å²) in [4.78, 5) is 16.3. The van der Waals surface area contributed by atoms with Crippen LogP contribution in [0.1, 0.15) is 35.6 Å². The summed E-state index contributed by atoms with van der Waals surface area (Å²) in [6.07, 6.45) is 2.28. The first-order valence-electron chi connectivity index (χ1n) is 9.19. The van der Waals surface area contributed by atoms with Gasteiger partial charge in [0, 0.05) is 17.9 Å². The summed E-state index contributed by atoms with van der Waals surface area (Å²) in [6, 6.07) is 12.4. The smallest absolute Gasteiger partial charge is 0.224 e. The third-order valence-electron chi connectivity index (χ3n) is 4.88. The lowest BCUT2D eigenvalue weighted by Gasteiger charge is -2.20. The molecule has 0 saturated carbocycles. The Morgan fingerprint density at radius 2 is 2.11 bits per heavy atom. The number of anilines is 1. The van der Waals surface area contributed by atoms with E-state index in [1.54, 1.807) is 11.8 Å². The molecule has 0 aliphatic carbocycles. The summed E-state index contributed by atoms with van der Waals surface area (Å²) < 4.78 is 0. The van der Waals surface area contributed by atoms with Gasteiger partial charge in [0.2, 0.25) is 5.91 Å². The van der Waals surface area contributed by atoms with Crippen molar-refractivity contribution in [3.8, 4) is 0 Å². The number of rotatable bonds is 3. The van der Waals surface area contributed by atoms with Crippen LogP contribution < -0.4 is 10.7 Å². The molecular formula is C21H22N4OS. The van der Waals surface area contributed by atoms with E-state index in [2.05, 4.69) is 54.0 Å². The Morgan fingerprint density at radius 1 is 1.22 bits per heavy atom. The van der Waals surface area contributed by atoms with E-state index in [9.17, 15) is 4.79 Å². The number of nitrogens with one attached hydrogen (secondary N) is 2. The number of aliphatic imine (C=N–C) groups is 1. The zero-order chi connectivity index (χ0) is 18.8. The fraction of sp³-hybridized carbons (Fsp3) is 0.286. The molecule has 5 nitrogen and oxygen atoms in total. The Bertz CT molecular complexity index is 965. The average Bonchev–Trinajstić information content (AvgIpc) is 2.69. The van der Waals surface area contributed by atoms with E-state index in [0.717, 1.165) is 46.4 Å². The highest BCUT2D eigenvalue weighted by Gasteiger charge is 2.18. The summed E-state index contributed by atoms with van der Waals surface area (Å²) >= 11 is 1.67. The van der Waals surface area contributed by atoms with E-state index in [-0.39, 0.29) is 5.91 Å². The number of nitrogens with zero attached hydrogens (tertiary/aromatic N) is 2. The largest absolute Gasteiger partial charge is 0.326 e. The van der Waals surface area contributed by atoms with Crippen molar-refractivity contribution in [2.24, 2.45) is 10.1 Å². The van der Waals surface area contributed by atoms with Crippen molar-refractivity contribution in [2.45, 2.75) is 33.1 Å². The molecule has 1 amide bonds. The molecule has 0 atom stereocenters. The van der Waals surface area contributed by atoms with E-state index in [0.29, 0.717) is 6.42 Å². The molecule has 27 heavy (non-hydrogen) atoms. The van der Waals surface area contributed by atoms with Gasteiger partial charge < -0.3 is 5.32 Å². The van der Waals surface area contributed by atoms with E-state index in [1.807, 2.05) is 12.1 Å². The maximum Gasteiger partial charge on any atom is 0.224 e. The fourth-order valence-electron chi connectivity index (χ4n) is 3.35. The van der Waals surface area contributed by atoms with E-state index < -0.39 is 0 Å². The van der Waals surface area contributed by atoms with Crippen molar-refractivity contribution >= 4 is 39.9 Å². The number of amidine groups is 1. The van der Waals surface area contributed by atoms with Gasteiger partial charge in [0.1, 0.15) is 0 Å². The maximum atomic E-state index is 11.5. The molecule has 0 radical (unpaired) electrons. The number of amides is 1. The quantitative estimate of drug-likeness (QED) is 0.842. The Balaban J connectivity index is 1.55. The number of hydrazone groups is 1. The Morgan fingerprint density at radius 3 is 2.89 bits per heavy atom. The van der Waals surface area contributed by atoms with Crippen molar-refractivity contribution in [1.82, 2.24) is 5.43 Å². The number of fused-ring (bicyclic) bond motifs is 1. The lowest BCUT2D eigenvalue weighted by atomic mass is 9.99. The zero-order valence-electron chi connectivity index (χ0n) is 15.5. The molecule has 2 heterocycles. The first kappa shape index (κ1) is 17.8. The van der Waals surface area contributed by atoms with Gasteiger partial charge in [-0.05, 0) is 54.2 Å². The Hall–Kier alpha value is -2.60. The third-order valence-corrected chi connectivity index (χ3v) is 5.76. The Kier molecular flexibility index (Phi) is 4.99. The second-order valence-corrected chi connectivity index (χ2v) is 7.70. The van der Waals surface area contributed by atoms with Crippen molar-refractivity contribution in [3.05, 3.63) is 58.7 Å². The van der Waals surface area contributed by atoms with E-state index in [1.165, 1.54) is 16.7 Å². The molecule has 2 aliphatic heterocycles. The Labute approximate surface area is 163 Å². The number of benzene rings is 2. The monoisotopic (exact) mass is 378 g/mol. The van der Waals surface area contributed by atoms with Crippen molar-refractivity contribution < 1.29 is 4.79 Å². The molecule has 2 N–H and O–H groups in total. The van der Waals surface area contributed by atoms with Crippen LogP contribution in [-0.4, -0.2) is 22.5 Å². The zero-order valence-corrected chi connectivity index (χ0v) is 16.3. The molecule has 2 aliphatic rings. The maximum absolute atomic E-state index is 11.5. The van der Waals surface area contributed by atoms with E-state index in [4.69, 9.17) is 4.99 Å². The number of carbonyl (C=O) groups is 1. The summed E-state index contributed by atoms with van der Waals surface area (Å²) in [5.74, 6) is 0.857. The number of carbonyl (C=O) groups excluding carboxylic acids is 1. The summed E-state index contributed by atoms with van der Waals surface area (Å²) in [5.41, 5.74) is 10.8. The van der Waals surface area contributed by atoms with Crippen LogP contribution in [0.2, 0.25) is 0 Å². The van der Waals surface area contributed by atoms with Gasteiger partial charge in [-0.2, -0.15) is 5.10 Å². The predicted molar refractivity (Wildman–Crippen MR) is 113 cm³/mol. The average molecular weight is 379 g/mol. The number of aryl methyl sites for hydroxylation is 3. The third kappa shape index (κ3) is 3.76. The molecule has 0 saturated heterocycles. The van der Waals surface area contributed by atoms with Crippen LogP contribution in [0.25, 0.3) is 0 Å². The van der Waals surface area contributed by atoms with Crippen molar-refractivity contribution in [1.29, 1.82) is 0 Å². The minimum absolute atomic E-state index is 0.0889. The van der Waals surface area contributed by atoms with Gasteiger partial charge in [0.25, 0.3) is 0 Å². The number of thioether (sulfide) groups is 1. The predicted octanol–water partition coefficient (Wildman–Crippen LogP) is 4.17. The highest BCUT2D eigenvalue weighted by Crippen LogP contribution is 2.28. The highest BCUT2D eigenvalue weighted by molar-refractivity contribution is 8.14. The van der Waals surface area contributed by atoms with Crippen LogP contribution >= 0.6 is 11.8 Å². The SMILES string of the molecule is CCc1cccc(C)c1N=C1NN=C(c2ccc3c(c2)CCC(=O)N3)CS1. The van der Waals surface area contributed by atoms with Crippen molar-refractivity contribution in [2.75, 3.05) is 11.1 Å². The summed E-state index contributed by atoms with van der Waals surface area (Å²) in [7, 11) is 0. The molecule has 2 aromatic rings. The second kappa shape index (κ2) is 7.56. The number of hydrogen-bond acceptors (Lipinski definition) is 4. The van der Waals surface area contributed by atoms with Gasteiger partial charge in [-0.25, -0.2) is 4.99 Å². The lowest BCUT2D eigenvalue weighted by Crippen LogP contribution is -2.26.